The molecule has 6 heteroatoms. The first-order valence-electron chi connectivity index (χ1n) is 7.34. The van der Waals surface area contributed by atoms with Gasteiger partial charge in [-0.1, -0.05) is 24.3 Å². The van der Waals surface area contributed by atoms with Gasteiger partial charge in [0.15, 0.2) is 0 Å². The van der Waals surface area contributed by atoms with Crippen LogP contribution in [0.4, 0.5) is 5.82 Å². The minimum absolute atomic E-state index is 0.0207. The molecule has 4 rings (SSSR count). The van der Waals surface area contributed by atoms with Gasteiger partial charge in [0.1, 0.15) is 5.82 Å². The van der Waals surface area contributed by atoms with Crippen molar-refractivity contribution in [2.75, 3.05) is 11.1 Å². The highest BCUT2D eigenvalue weighted by atomic mass is 32.2. The van der Waals surface area contributed by atoms with Crippen molar-refractivity contribution in [2.45, 2.75) is 12.2 Å². The van der Waals surface area contributed by atoms with Crippen molar-refractivity contribution in [3.05, 3.63) is 64.0 Å². The Labute approximate surface area is 142 Å². The summed E-state index contributed by atoms with van der Waals surface area (Å²) in [5.74, 6) is 1.26. The van der Waals surface area contributed by atoms with Crippen LogP contribution in [0, 0.1) is 6.92 Å². The van der Waals surface area contributed by atoms with Crippen molar-refractivity contribution >= 4 is 34.8 Å². The molecule has 0 radical (unpaired) electrons. The van der Waals surface area contributed by atoms with Gasteiger partial charge in [0.25, 0.3) is 0 Å². The number of thioether (sulfide) groups is 1. The van der Waals surface area contributed by atoms with Crippen molar-refractivity contribution in [1.29, 1.82) is 0 Å². The number of nitrogens with one attached hydrogen (secondary N) is 1. The summed E-state index contributed by atoms with van der Waals surface area (Å²) in [6.45, 7) is 2.01. The van der Waals surface area contributed by atoms with Gasteiger partial charge in [-0.25, -0.2) is 4.68 Å². The quantitative estimate of drug-likeness (QED) is 0.766. The molecule has 0 aliphatic carbocycles. The highest BCUT2D eigenvalue weighted by molar-refractivity contribution is 8.00. The fourth-order valence-electron chi connectivity index (χ4n) is 2.80. The summed E-state index contributed by atoms with van der Waals surface area (Å²) in [5.41, 5.74) is 3.01. The number of anilines is 1. The fourth-order valence-corrected chi connectivity index (χ4v) is 4.97. The number of hydrogen-bond donors (Lipinski definition) is 1. The van der Waals surface area contributed by atoms with Gasteiger partial charge in [-0.2, -0.15) is 5.10 Å². The third-order valence-electron chi connectivity index (χ3n) is 3.81. The zero-order valence-corrected chi connectivity index (χ0v) is 14.2. The molecule has 1 amide bonds. The van der Waals surface area contributed by atoms with Gasteiger partial charge in [0.2, 0.25) is 5.91 Å². The van der Waals surface area contributed by atoms with E-state index in [4.69, 9.17) is 5.10 Å². The van der Waals surface area contributed by atoms with Crippen molar-refractivity contribution in [1.82, 2.24) is 9.78 Å². The molecule has 3 aromatic rings. The van der Waals surface area contributed by atoms with Crippen molar-refractivity contribution in [2.24, 2.45) is 0 Å². The lowest BCUT2D eigenvalue weighted by molar-refractivity contribution is -0.113. The molecule has 0 unspecified atom stereocenters. The number of aryl methyl sites for hydroxylation is 1. The molecule has 1 aliphatic rings. The number of para-hydroxylation sites is 1. The molecular weight excluding hydrogens is 326 g/mol. The summed E-state index contributed by atoms with van der Waals surface area (Å²) >= 11 is 3.38. The monoisotopic (exact) mass is 341 g/mol. The average molecular weight is 341 g/mol. The summed E-state index contributed by atoms with van der Waals surface area (Å²) in [4.78, 5) is 13.4. The third kappa shape index (κ3) is 2.58. The molecule has 1 aliphatic heterocycles. The first kappa shape index (κ1) is 14.5. The van der Waals surface area contributed by atoms with E-state index in [1.807, 2.05) is 41.9 Å². The summed E-state index contributed by atoms with van der Waals surface area (Å²) in [5, 5.41) is 9.96. The van der Waals surface area contributed by atoms with Gasteiger partial charge >= 0.3 is 0 Å². The lowest BCUT2D eigenvalue weighted by atomic mass is 10.1. The number of hydrogen-bond acceptors (Lipinski definition) is 4. The Kier molecular flexibility index (Phi) is 3.71. The Morgan fingerprint density at radius 1 is 1.22 bits per heavy atom. The van der Waals surface area contributed by atoms with Crippen molar-refractivity contribution < 1.29 is 4.79 Å². The number of fused-ring (bicyclic) bond motifs is 1. The van der Waals surface area contributed by atoms with Crippen molar-refractivity contribution in [3.63, 3.8) is 0 Å². The number of amides is 1. The van der Waals surface area contributed by atoms with Crippen LogP contribution in [-0.4, -0.2) is 21.4 Å². The van der Waals surface area contributed by atoms with Gasteiger partial charge in [-0.15, -0.1) is 23.1 Å². The maximum atomic E-state index is 12.2. The van der Waals surface area contributed by atoms with Gasteiger partial charge in [0, 0.05) is 10.4 Å². The Bertz CT molecular complexity index is 840. The van der Waals surface area contributed by atoms with Crippen LogP contribution in [0.5, 0.6) is 0 Å². The summed E-state index contributed by atoms with van der Waals surface area (Å²) in [7, 11) is 0. The summed E-state index contributed by atoms with van der Waals surface area (Å²) < 4.78 is 1.84. The number of rotatable bonds is 2. The van der Waals surface area contributed by atoms with E-state index in [0.29, 0.717) is 5.75 Å². The van der Waals surface area contributed by atoms with E-state index in [2.05, 4.69) is 22.8 Å². The van der Waals surface area contributed by atoms with Crippen LogP contribution in [0.25, 0.3) is 5.69 Å². The van der Waals surface area contributed by atoms with Gasteiger partial charge in [-0.05, 0) is 30.5 Å². The SMILES string of the molecule is Cc1nn(-c2ccccc2)c2c1[C@@H](c1cccs1)SCC(=O)N2. The van der Waals surface area contributed by atoms with E-state index in [-0.39, 0.29) is 11.2 Å². The molecule has 0 bridgehead atoms. The average Bonchev–Trinajstić information content (AvgIpc) is 3.15. The van der Waals surface area contributed by atoms with E-state index in [1.54, 1.807) is 23.1 Å². The highest BCUT2D eigenvalue weighted by Gasteiger charge is 2.30. The maximum Gasteiger partial charge on any atom is 0.235 e. The minimum Gasteiger partial charge on any atom is -0.310 e. The molecule has 3 heterocycles. The normalized spacial score (nSPS) is 17.4. The predicted octanol–water partition coefficient (Wildman–Crippen LogP) is 4.02. The Morgan fingerprint density at radius 3 is 2.78 bits per heavy atom. The van der Waals surface area contributed by atoms with Crippen molar-refractivity contribution in [3.8, 4) is 5.69 Å². The second-order valence-electron chi connectivity index (χ2n) is 5.35. The standard InChI is InChI=1S/C17H15N3OS2/c1-11-15-16(13-8-5-9-22-13)23-10-14(21)18-17(15)20(19-11)12-6-3-2-4-7-12/h2-9,16H,10H2,1H3,(H,18,21)/t16-/m1/s1. The number of thiophene rings is 1. The van der Waals surface area contributed by atoms with E-state index in [0.717, 1.165) is 22.8 Å². The van der Waals surface area contributed by atoms with Gasteiger partial charge in [0.05, 0.1) is 22.4 Å². The van der Waals surface area contributed by atoms with Gasteiger partial charge < -0.3 is 5.32 Å². The summed E-state index contributed by atoms with van der Waals surface area (Å²) in [6, 6.07) is 14.1. The second kappa shape index (κ2) is 5.86. The van der Waals surface area contributed by atoms with Crippen LogP contribution in [0.15, 0.2) is 47.8 Å². The molecule has 1 atom stereocenters. The molecule has 0 spiro atoms. The van der Waals surface area contributed by atoms with E-state index in [9.17, 15) is 4.79 Å². The predicted molar refractivity (Wildman–Crippen MR) is 95.6 cm³/mol. The third-order valence-corrected chi connectivity index (χ3v) is 6.15. The van der Waals surface area contributed by atoms with Crippen LogP contribution in [0.2, 0.25) is 0 Å². The molecule has 116 valence electrons. The number of carbonyl (C=O) groups is 1. The van der Waals surface area contributed by atoms with Crippen LogP contribution in [-0.2, 0) is 4.79 Å². The smallest absolute Gasteiger partial charge is 0.235 e. The molecule has 4 nitrogen and oxygen atoms in total. The Balaban J connectivity index is 1.91. The Hall–Kier alpha value is -2.05. The van der Waals surface area contributed by atoms with Crippen LogP contribution >= 0.6 is 23.1 Å². The molecule has 23 heavy (non-hydrogen) atoms. The fraction of sp³-hybridized carbons (Fsp3) is 0.176. The molecule has 2 aromatic heterocycles. The first-order valence-corrected chi connectivity index (χ1v) is 9.26. The molecule has 1 aromatic carbocycles. The van der Waals surface area contributed by atoms with E-state index in [1.165, 1.54) is 4.88 Å². The van der Waals surface area contributed by atoms with E-state index < -0.39 is 0 Å². The highest BCUT2D eigenvalue weighted by Crippen LogP contribution is 2.45. The topological polar surface area (TPSA) is 46.9 Å². The minimum atomic E-state index is 0.0207. The lowest BCUT2D eigenvalue weighted by Crippen LogP contribution is -2.15. The first-order chi connectivity index (χ1) is 11.2. The second-order valence-corrected chi connectivity index (χ2v) is 7.42. The largest absolute Gasteiger partial charge is 0.310 e. The maximum absolute atomic E-state index is 12.2. The molecule has 0 saturated carbocycles. The van der Waals surface area contributed by atoms with Crippen LogP contribution < -0.4 is 5.32 Å². The molecular formula is C17H15N3OS2. The zero-order valence-electron chi connectivity index (χ0n) is 12.5. The molecule has 0 saturated heterocycles. The number of aromatic nitrogens is 2. The lowest BCUT2D eigenvalue weighted by Gasteiger charge is -2.13. The zero-order chi connectivity index (χ0) is 15.8. The van der Waals surface area contributed by atoms with Crippen LogP contribution in [0.1, 0.15) is 21.4 Å². The van der Waals surface area contributed by atoms with Gasteiger partial charge in [-0.3, -0.25) is 4.79 Å². The Morgan fingerprint density at radius 2 is 2.04 bits per heavy atom. The molecule has 0 fully saturated rings. The summed E-state index contributed by atoms with van der Waals surface area (Å²) in [6.07, 6.45) is 0. The number of benzene rings is 1. The number of nitrogens with zero attached hydrogens (tertiary/aromatic N) is 2. The molecule has 1 N–H and O–H groups in total. The number of carbonyl (C=O) groups excluding carboxylic acids is 1. The van der Waals surface area contributed by atoms with E-state index >= 15 is 0 Å². The van der Waals surface area contributed by atoms with Crippen LogP contribution in [0.3, 0.4) is 0 Å².